The quantitative estimate of drug-likeness (QED) is 0.171. The molecule has 0 fully saturated rings. The van der Waals surface area contributed by atoms with Crippen molar-refractivity contribution >= 4 is 76.4 Å². The van der Waals surface area contributed by atoms with Crippen molar-refractivity contribution in [2.75, 3.05) is 0 Å². The molecule has 0 saturated carbocycles. The van der Waals surface area contributed by atoms with E-state index in [1.54, 1.807) is 0 Å². The van der Waals surface area contributed by atoms with Gasteiger partial charge in [-0.1, -0.05) is 158 Å². The highest BCUT2D eigenvalue weighted by Crippen LogP contribution is 2.51. The SMILES string of the molecule is c1ccc(-c2oc3ccc4c(oc5cccc(-c6c7ccccc7c(-c7cccc8c7oc7ccccc78)c7ccccc67)c54)c3c2-c2ccccc2)cc1. The van der Waals surface area contributed by atoms with Crippen LogP contribution in [-0.2, 0) is 0 Å². The summed E-state index contributed by atoms with van der Waals surface area (Å²) in [5.41, 5.74) is 12.0. The van der Waals surface area contributed by atoms with Gasteiger partial charge in [0.1, 0.15) is 33.7 Å². The highest BCUT2D eigenvalue weighted by Gasteiger charge is 2.26. The van der Waals surface area contributed by atoms with E-state index in [0.717, 1.165) is 88.4 Å². The van der Waals surface area contributed by atoms with E-state index in [9.17, 15) is 0 Å². The summed E-state index contributed by atoms with van der Waals surface area (Å²) >= 11 is 0. The van der Waals surface area contributed by atoms with Gasteiger partial charge in [-0.25, -0.2) is 0 Å². The lowest BCUT2D eigenvalue weighted by Crippen LogP contribution is -1.91. The molecule has 0 saturated heterocycles. The van der Waals surface area contributed by atoms with Crippen molar-refractivity contribution in [2.24, 2.45) is 0 Å². The van der Waals surface area contributed by atoms with E-state index >= 15 is 0 Å². The molecule has 0 bridgehead atoms. The summed E-state index contributed by atoms with van der Waals surface area (Å²) in [5, 5.41) is 10.1. The molecule has 0 N–H and O–H groups in total. The Morgan fingerprint density at radius 3 is 1.47 bits per heavy atom. The summed E-state index contributed by atoms with van der Waals surface area (Å²) in [6.45, 7) is 0. The van der Waals surface area contributed by atoms with Gasteiger partial charge in [0.05, 0.1) is 5.39 Å². The minimum Gasteiger partial charge on any atom is -0.455 e. The van der Waals surface area contributed by atoms with E-state index in [1.165, 1.54) is 32.7 Å². The average molecular weight is 703 g/mol. The van der Waals surface area contributed by atoms with Crippen molar-refractivity contribution in [1.29, 1.82) is 0 Å². The fourth-order valence-corrected chi connectivity index (χ4v) is 9.00. The Morgan fingerprint density at radius 2 is 0.764 bits per heavy atom. The van der Waals surface area contributed by atoms with Crippen LogP contribution in [0.1, 0.15) is 0 Å². The lowest BCUT2D eigenvalue weighted by atomic mass is 9.84. The van der Waals surface area contributed by atoms with E-state index in [2.05, 4.69) is 164 Å². The minimum absolute atomic E-state index is 0.797. The lowest BCUT2D eigenvalue weighted by molar-refractivity contribution is 0.631. The molecule has 55 heavy (non-hydrogen) atoms. The van der Waals surface area contributed by atoms with Crippen LogP contribution in [0.3, 0.4) is 0 Å². The lowest BCUT2D eigenvalue weighted by Gasteiger charge is -2.18. The first kappa shape index (κ1) is 30.1. The molecule has 3 heteroatoms. The third-order valence-electron chi connectivity index (χ3n) is 11.3. The summed E-state index contributed by atoms with van der Waals surface area (Å²) in [6.07, 6.45) is 0. The number of fused-ring (bicyclic) bond motifs is 10. The highest BCUT2D eigenvalue weighted by atomic mass is 16.3. The van der Waals surface area contributed by atoms with Gasteiger partial charge >= 0.3 is 0 Å². The Bertz CT molecular complexity index is 3420. The van der Waals surface area contributed by atoms with Gasteiger partial charge in [0.15, 0.2) is 0 Å². The van der Waals surface area contributed by atoms with E-state index in [1.807, 2.05) is 18.2 Å². The van der Waals surface area contributed by atoms with Crippen LogP contribution in [-0.4, -0.2) is 0 Å². The Balaban J connectivity index is 1.18. The molecule has 12 rings (SSSR count). The van der Waals surface area contributed by atoms with Crippen LogP contribution >= 0.6 is 0 Å². The molecular weight excluding hydrogens is 673 g/mol. The molecule has 12 aromatic rings. The largest absolute Gasteiger partial charge is 0.455 e. The van der Waals surface area contributed by atoms with Crippen molar-refractivity contribution in [1.82, 2.24) is 0 Å². The number of hydrogen-bond acceptors (Lipinski definition) is 3. The average Bonchev–Trinajstić information content (AvgIpc) is 3.95. The number of benzene rings is 9. The van der Waals surface area contributed by atoms with Gasteiger partial charge in [-0.2, -0.15) is 0 Å². The van der Waals surface area contributed by atoms with Crippen LogP contribution in [0.2, 0.25) is 0 Å². The smallest absolute Gasteiger partial charge is 0.147 e. The predicted molar refractivity (Wildman–Crippen MR) is 228 cm³/mol. The number of hydrogen-bond donors (Lipinski definition) is 0. The molecule has 0 spiro atoms. The second kappa shape index (κ2) is 11.6. The zero-order chi connectivity index (χ0) is 36.0. The maximum absolute atomic E-state index is 6.96. The fraction of sp³-hybridized carbons (Fsp3) is 0. The maximum atomic E-state index is 6.96. The van der Waals surface area contributed by atoms with Crippen LogP contribution < -0.4 is 0 Å². The zero-order valence-corrected chi connectivity index (χ0v) is 29.5. The van der Waals surface area contributed by atoms with E-state index < -0.39 is 0 Å². The van der Waals surface area contributed by atoms with Gasteiger partial charge in [0.25, 0.3) is 0 Å². The summed E-state index contributed by atoms with van der Waals surface area (Å²) in [4.78, 5) is 0. The molecule has 0 aliphatic carbocycles. The van der Waals surface area contributed by atoms with Crippen LogP contribution in [0.25, 0.3) is 121 Å². The molecule has 0 aliphatic heterocycles. The Kier molecular flexibility index (Phi) is 6.34. The summed E-state index contributed by atoms with van der Waals surface area (Å²) < 4.78 is 20.3. The van der Waals surface area contributed by atoms with Crippen molar-refractivity contribution in [2.45, 2.75) is 0 Å². The first-order valence-corrected chi connectivity index (χ1v) is 18.7. The Labute approximate surface area is 315 Å². The van der Waals surface area contributed by atoms with E-state index in [0.29, 0.717) is 0 Å². The molecule has 9 aromatic carbocycles. The third kappa shape index (κ3) is 4.32. The molecule has 0 amide bonds. The van der Waals surface area contributed by atoms with Crippen LogP contribution in [0, 0.1) is 0 Å². The molecule has 0 aliphatic rings. The molecule has 0 atom stereocenters. The van der Waals surface area contributed by atoms with Gasteiger partial charge in [0, 0.05) is 43.8 Å². The number of furan rings is 3. The third-order valence-corrected chi connectivity index (χ3v) is 11.3. The molecule has 0 radical (unpaired) electrons. The summed E-state index contributed by atoms with van der Waals surface area (Å²) in [6, 6.07) is 64.0. The van der Waals surface area contributed by atoms with Gasteiger partial charge in [-0.05, 0) is 62.5 Å². The van der Waals surface area contributed by atoms with Crippen LogP contribution in [0.15, 0.2) is 195 Å². The van der Waals surface area contributed by atoms with Gasteiger partial charge in [-0.15, -0.1) is 0 Å². The van der Waals surface area contributed by atoms with Gasteiger partial charge in [0.2, 0.25) is 0 Å². The molecule has 3 aromatic heterocycles. The van der Waals surface area contributed by atoms with E-state index in [-0.39, 0.29) is 0 Å². The topological polar surface area (TPSA) is 39.4 Å². The second-order valence-electron chi connectivity index (χ2n) is 14.3. The Morgan fingerprint density at radius 1 is 0.255 bits per heavy atom. The van der Waals surface area contributed by atoms with Gasteiger partial charge < -0.3 is 13.3 Å². The molecular formula is C52H30O3. The monoisotopic (exact) mass is 702 g/mol. The normalized spacial score (nSPS) is 12.0. The van der Waals surface area contributed by atoms with Crippen molar-refractivity contribution < 1.29 is 13.3 Å². The zero-order valence-electron chi connectivity index (χ0n) is 29.5. The van der Waals surface area contributed by atoms with Crippen molar-refractivity contribution in [3.8, 4) is 44.7 Å². The first-order chi connectivity index (χ1) is 27.3. The van der Waals surface area contributed by atoms with E-state index in [4.69, 9.17) is 13.3 Å². The minimum atomic E-state index is 0.797. The van der Waals surface area contributed by atoms with Crippen LogP contribution in [0.5, 0.6) is 0 Å². The Hall–Kier alpha value is -7.36. The summed E-state index contributed by atoms with van der Waals surface area (Å²) in [5.74, 6) is 0.835. The number of para-hydroxylation sites is 2. The number of rotatable bonds is 4. The fourth-order valence-electron chi connectivity index (χ4n) is 9.00. The molecule has 0 unspecified atom stereocenters. The molecule has 3 heterocycles. The first-order valence-electron chi connectivity index (χ1n) is 18.7. The van der Waals surface area contributed by atoms with Crippen molar-refractivity contribution in [3.05, 3.63) is 182 Å². The van der Waals surface area contributed by atoms with Crippen LogP contribution in [0.4, 0.5) is 0 Å². The van der Waals surface area contributed by atoms with Crippen molar-refractivity contribution in [3.63, 3.8) is 0 Å². The second-order valence-corrected chi connectivity index (χ2v) is 14.3. The standard InChI is InChI=1S/C52H30O3/c1-3-15-31(16-4-1)45-49-44(54-50(45)32-17-5-2-6-18-32)30-29-41-48-39(25-14-28-43(48)55-52(41)49)46-34-20-7-9-22-36(34)47(37-23-10-8-21-35(37)46)40-26-13-24-38-33-19-11-12-27-42(33)53-51(38)40/h1-30H. The maximum Gasteiger partial charge on any atom is 0.147 e. The molecule has 3 nitrogen and oxygen atoms in total. The predicted octanol–water partition coefficient (Wildman–Crippen LogP) is 15.2. The molecule has 256 valence electrons. The highest BCUT2D eigenvalue weighted by molar-refractivity contribution is 6.29. The van der Waals surface area contributed by atoms with Gasteiger partial charge in [-0.3, -0.25) is 0 Å². The summed E-state index contributed by atoms with van der Waals surface area (Å²) in [7, 11) is 0.